The van der Waals surface area contributed by atoms with Crippen LogP contribution in [0.15, 0.2) is 53.4 Å². The minimum Gasteiger partial charge on any atom is -0.371 e. The van der Waals surface area contributed by atoms with Crippen LogP contribution in [0.1, 0.15) is 81.8 Å². The second-order valence-corrected chi connectivity index (χ2v) is 15.5. The van der Waals surface area contributed by atoms with Crippen molar-refractivity contribution in [2.24, 2.45) is 23.7 Å². The van der Waals surface area contributed by atoms with Crippen molar-refractivity contribution in [2.45, 2.75) is 87.5 Å². The first-order valence-corrected chi connectivity index (χ1v) is 18.3. The quantitative estimate of drug-likeness (QED) is 0.379. The van der Waals surface area contributed by atoms with E-state index in [0.717, 1.165) is 48.0 Å². The molecule has 1 N–H and O–H groups in total. The lowest BCUT2D eigenvalue weighted by atomic mass is 9.63. The summed E-state index contributed by atoms with van der Waals surface area (Å²) in [5, 5.41) is 4.19. The van der Waals surface area contributed by atoms with E-state index in [1.165, 1.54) is 102 Å². The molecule has 3 heterocycles. The summed E-state index contributed by atoms with van der Waals surface area (Å²) >= 11 is 0. The Morgan fingerprint density at radius 3 is 2.22 bits per heavy atom. The molecule has 41 heavy (non-hydrogen) atoms. The summed E-state index contributed by atoms with van der Waals surface area (Å²) in [7, 11) is -0.850. The van der Waals surface area contributed by atoms with Crippen LogP contribution >= 0.6 is 0 Å². The van der Waals surface area contributed by atoms with Crippen molar-refractivity contribution in [3.05, 3.63) is 59.7 Å². The minimum absolute atomic E-state index is 0.205. The van der Waals surface area contributed by atoms with Crippen LogP contribution in [-0.2, 0) is 22.8 Å². The van der Waals surface area contributed by atoms with Gasteiger partial charge in [0.15, 0.2) is 0 Å². The molecule has 2 saturated carbocycles. The van der Waals surface area contributed by atoms with Gasteiger partial charge in [0.05, 0.1) is 10.8 Å². The molecule has 222 valence electrons. The Labute approximate surface area is 251 Å². The van der Waals surface area contributed by atoms with Crippen molar-refractivity contribution in [2.75, 3.05) is 49.9 Å². The van der Waals surface area contributed by atoms with E-state index in [0.29, 0.717) is 5.92 Å². The Bertz CT molecular complexity index is 1170. The standard InChI is InChI=1S/C36H51N3OS/c40-41(27-28-8-2-1-3-9-28)34-16-14-33(15-17-34)39-25-29(26-39)24-38-22-19-32(20-23-38)36(31-11-5-6-12-31)35-13-7-4-10-30(35)18-21-37-36/h4,7,10,13-17,28-29,31-32,37H,1-3,5-6,8-9,11-12,18-27H2. The summed E-state index contributed by atoms with van der Waals surface area (Å²) in [6.07, 6.45) is 16.0. The summed E-state index contributed by atoms with van der Waals surface area (Å²) in [4.78, 5) is 6.31. The third-order valence-corrected chi connectivity index (χ3v) is 13.1. The fraction of sp³-hybridized carbons (Fsp3) is 0.667. The number of piperidine rings is 1. The summed E-state index contributed by atoms with van der Waals surface area (Å²) in [5.74, 6) is 3.84. The minimum atomic E-state index is -0.850. The fourth-order valence-corrected chi connectivity index (χ4v) is 10.8. The Balaban J connectivity index is 0.912. The van der Waals surface area contributed by atoms with Gasteiger partial charge in [0.2, 0.25) is 0 Å². The van der Waals surface area contributed by atoms with Gasteiger partial charge >= 0.3 is 0 Å². The van der Waals surface area contributed by atoms with Crippen molar-refractivity contribution in [3.8, 4) is 0 Å². The number of rotatable bonds is 8. The van der Waals surface area contributed by atoms with E-state index in [2.05, 4.69) is 63.6 Å². The number of fused-ring (bicyclic) bond motifs is 1. The second-order valence-electron chi connectivity index (χ2n) is 14.0. The molecule has 2 aromatic carbocycles. The highest BCUT2D eigenvalue weighted by Crippen LogP contribution is 2.50. The van der Waals surface area contributed by atoms with Crippen molar-refractivity contribution >= 4 is 16.5 Å². The van der Waals surface area contributed by atoms with Gasteiger partial charge in [-0.1, -0.05) is 56.4 Å². The molecule has 0 amide bonds. The molecule has 4 nitrogen and oxygen atoms in total. The number of nitrogens with one attached hydrogen (secondary N) is 1. The first kappa shape index (κ1) is 28.1. The topological polar surface area (TPSA) is 35.6 Å². The Morgan fingerprint density at radius 2 is 1.46 bits per heavy atom. The molecule has 0 aromatic heterocycles. The molecule has 0 radical (unpaired) electrons. The van der Waals surface area contributed by atoms with Gasteiger partial charge in [0.25, 0.3) is 0 Å². The van der Waals surface area contributed by atoms with Crippen LogP contribution in [0.5, 0.6) is 0 Å². The highest BCUT2D eigenvalue weighted by atomic mass is 32.2. The maximum absolute atomic E-state index is 12.9. The van der Waals surface area contributed by atoms with E-state index in [1.807, 2.05) is 0 Å². The Kier molecular flexibility index (Phi) is 8.57. The number of nitrogens with zero attached hydrogens (tertiary/aromatic N) is 2. The van der Waals surface area contributed by atoms with E-state index in [1.54, 1.807) is 11.1 Å². The Hall–Kier alpha value is -1.69. The molecule has 7 rings (SSSR count). The van der Waals surface area contributed by atoms with Gasteiger partial charge in [-0.2, -0.15) is 0 Å². The first-order valence-electron chi connectivity index (χ1n) is 17.0. The monoisotopic (exact) mass is 573 g/mol. The zero-order valence-electron chi connectivity index (χ0n) is 25.1. The van der Waals surface area contributed by atoms with Gasteiger partial charge in [-0.05, 0) is 111 Å². The lowest BCUT2D eigenvalue weighted by molar-refractivity contribution is 0.0492. The highest BCUT2D eigenvalue weighted by Gasteiger charge is 2.50. The largest absolute Gasteiger partial charge is 0.371 e. The van der Waals surface area contributed by atoms with E-state index in [4.69, 9.17) is 0 Å². The molecule has 2 aromatic rings. The zero-order chi connectivity index (χ0) is 27.6. The maximum atomic E-state index is 12.9. The smallest absolute Gasteiger partial charge is 0.0532 e. The average Bonchev–Trinajstić information content (AvgIpc) is 3.55. The maximum Gasteiger partial charge on any atom is 0.0532 e. The average molecular weight is 574 g/mol. The van der Waals surface area contributed by atoms with Gasteiger partial charge in [-0.15, -0.1) is 0 Å². The zero-order valence-corrected chi connectivity index (χ0v) is 25.9. The molecule has 0 spiro atoms. The van der Waals surface area contributed by atoms with Gasteiger partial charge in [0, 0.05) is 54.0 Å². The molecule has 3 aliphatic heterocycles. The molecule has 5 aliphatic rings. The highest BCUT2D eigenvalue weighted by molar-refractivity contribution is 7.85. The fourth-order valence-electron chi connectivity index (χ4n) is 9.39. The van der Waals surface area contributed by atoms with E-state index >= 15 is 0 Å². The third kappa shape index (κ3) is 5.80. The molecule has 4 fully saturated rings. The van der Waals surface area contributed by atoms with E-state index < -0.39 is 10.8 Å². The first-order chi connectivity index (χ1) is 20.2. The van der Waals surface area contributed by atoms with Crippen LogP contribution < -0.4 is 10.2 Å². The lowest BCUT2D eigenvalue weighted by Crippen LogP contribution is -2.59. The van der Waals surface area contributed by atoms with E-state index in [9.17, 15) is 4.21 Å². The predicted molar refractivity (Wildman–Crippen MR) is 171 cm³/mol. The van der Waals surface area contributed by atoms with Crippen LogP contribution in [0, 0.1) is 23.7 Å². The number of anilines is 1. The number of likely N-dealkylation sites (tertiary alicyclic amines) is 1. The number of benzene rings is 2. The van der Waals surface area contributed by atoms with Crippen LogP contribution in [0.3, 0.4) is 0 Å². The summed E-state index contributed by atoms with van der Waals surface area (Å²) in [6, 6.07) is 18.1. The third-order valence-electron chi connectivity index (χ3n) is 11.6. The van der Waals surface area contributed by atoms with Crippen molar-refractivity contribution in [1.29, 1.82) is 0 Å². The number of hydrogen-bond acceptors (Lipinski definition) is 4. The van der Waals surface area contributed by atoms with Crippen LogP contribution in [-0.4, -0.2) is 54.1 Å². The molecule has 5 heteroatoms. The molecule has 0 bridgehead atoms. The predicted octanol–water partition coefficient (Wildman–Crippen LogP) is 6.75. The van der Waals surface area contributed by atoms with Crippen molar-refractivity contribution in [1.82, 2.24) is 10.2 Å². The Morgan fingerprint density at radius 1 is 0.780 bits per heavy atom. The van der Waals surface area contributed by atoms with E-state index in [-0.39, 0.29) is 5.54 Å². The van der Waals surface area contributed by atoms with Gasteiger partial charge < -0.3 is 15.1 Å². The summed E-state index contributed by atoms with van der Waals surface area (Å²) in [6.45, 7) is 7.20. The molecule has 2 saturated heterocycles. The van der Waals surface area contributed by atoms with Gasteiger partial charge in [-0.3, -0.25) is 4.21 Å². The van der Waals surface area contributed by atoms with Crippen LogP contribution in [0.4, 0.5) is 5.69 Å². The van der Waals surface area contributed by atoms with Crippen LogP contribution in [0.2, 0.25) is 0 Å². The summed E-state index contributed by atoms with van der Waals surface area (Å²) < 4.78 is 12.9. The summed E-state index contributed by atoms with van der Waals surface area (Å²) in [5.41, 5.74) is 4.77. The van der Waals surface area contributed by atoms with Crippen molar-refractivity contribution < 1.29 is 4.21 Å². The lowest BCUT2D eigenvalue weighted by Gasteiger charge is -2.53. The number of hydrogen-bond donors (Lipinski definition) is 1. The molecular formula is C36H51N3OS. The van der Waals surface area contributed by atoms with Gasteiger partial charge in [0.1, 0.15) is 0 Å². The van der Waals surface area contributed by atoms with Crippen LogP contribution in [0.25, 0.3) is 0 Å². The molecule has 2 atom stereocenters. The van der Waals surface area contributed by atoms with Crippen molar-refractivity contribution in [3.63, 3.8) is 0 Å². The SMILES string of the molecule is O=S(CC1CCCCC1)c1ccc(N2CC(CN3CCC(C4(C5CCCC5)NCCc5ccccc54)CC3)C2)cc1. The second kappa shape index (κ2) is 12.5. The molecule has 2 unspecified atom stereocenters. The van der Waals surface area contributed by atoms with Gasteiger partial charge in [-0.25, -0.2) is 0 Å². The molecular weight excluding hydrogens is 522 g/mol. The molecule has 2 aliphatic carbocycles. The normalized spacial score (nSPS) is 28.0.